The molecule has 1 saturated heterocycles. The Morgan fingerprint density at radius 1 is 1.04 bits per heavy atom. The van der Waals surface area contributed by atoms with Crippen LogP contribution in [0.3, 0.4) is 0 Å². The van der Waals surface area contributed by atoms with E-state index in [2.05, 4.69) is 6.58 Å². The van der Waals surface area contributed by atoms with Crippen LogP contribution in [0.15, 0.2) is 84.3 Å². The van der Waals surface area contributed by atoms with Crippen LogP contribution in [0.25, 0.3) is 16.8 Å². The van der Waals surface area contributed by atoms with Crippen molar-refractivity contribution >= 4 is 56.7 Å². The Morgan fingerprint density at radius 3 is 2.57 bits per heavy atom. The van der Waals surface area contributed by atoms with Crippen LogP contribution < -0.4 is 9.64 Å². The van der Waals surface area contributed by atoms with Crippen LogP contribution in [0, 0.1) is 0 Å². The minimum absolute atomic E-state index is 0.121. The van der Waals surface area contributed by atoms with Gasteiger partial charge in [0.2, 0.25) is 0 Å². The Hall–Kier alpha value is -2.89. The van der Waals surface area contributed by atoms with E-state index in [1.807, 2.05) is 72.8 Å². The predicted molar refractivity (Wildman–Crippen MR) is 122 cm³/mol. The van der Waals surface area contributed by atoms with E-state index in [0.29, 0.717) is 21.6 Å². The zero-order valence-electron chi connectivity index (χ0n) is 15.0. The average molecular weight is 404 g/mol. The van der Waals surface area contributed by atoms with E-state index in [0.717, 1.165) is 22.0 Å². The molecule has 1 heterocycles. The maximum atomic E-state index is 13.1. The summed E-state index contributed by atoms with van der Waals surface area (Å²) < 4.78 is 6.37. The average Bonchev–Trinajstić information content (AvgIpc) is 3.01. The number of hydrogen-bond donors (Lipinski definition) is 0. The normalized spacial score (nSPS) is 15.4. The number of ether oxygens (including phenoxy) is 1. The van der Waals surface area contributed by atoms with Gasteiger partial charge in [0.15, 0.2) is 4.32 Å². The van der Waals surface area contributed by atoms with Crippen molar-refractivity contribution in [3.05, 3.63) is 89.9 Å². The lowest BCUT2D eigenvalue weighted by atomic mass is 10.0. The van der Waals surface area contributed by atoms with E-state index >= 15 is 0 Å². The zero-order valence-corrected chi connectivity index (χ0v) is 16.6. The number of rotatable bonds is 5. The largest absolute Gasteiger partial charge is 0.489 e. The number of carbonyl (C=O) groups excluding carboxylic acids is 1. The molecule has 0 aromatic heterocycles. The lowest BCUT2D eigenvalue weighted by Crippen LogP contribution is -2.27. The summed E-state index contributed by atoms with van der Waals surface area (Å²) in [5.41, 5.74) is 1.64. The molecule has 0 atom stereocenters. The van der Waals surface area contributed by atoms with Gasteiger partial charge in [-0.25, -0.2) is 0 Å². The summed E-state index contributed by atoms with van der Waals surface area (Å²) in [4.78, 5) is 15.2. The van der Waals surface area contributed by atoms with Crippen molar-refractivity contribution in [2.45, 2.75) is 0 Å². The number of anilines is 1. The van der Waals surface area contributed by atoms with Crippen molar-refractivity contribution in [3.63, 3.8) is 0 Å². The van der Waals surface area contributed by atoms with Gasteiger partial charge < -0.3 is 4.74 Å². The van der Waals surface area contributed by atoms with Gasteiger partial charge in [-0.15, -0.1) is 0 Å². The summed E-state index contributed by atoms with van der Waals surface area (Å²) in [6.07, 6.45) is 3.58. The molecule has 0 aliphatic carbocycles. The van der Waals surface area contributed by atoms with E-state index < -0.39 is 0 Å². The third-order valence-corrected chi connectivity index (χ3v) is 5.67. The molecule has 0 unspecified atom stereocenters. The van der Waals surface area contributed by atoms with Gasteiger partial charge in [-0.05, 0) is 35.0 Å². The molecule has 1 fully saturated rings. The highest BCUT2D eigenvalue weighted by Crippen LogP contribution is 2.38. The van der Waals surface area contributed by atoms with Crippen LogP contribution in [-0.4, -0.2) is 16.8 Å². The number of nitrogens with zero attached hydrogens (tertiary/aromatic N) is 1. The molecule has 0 N–H and O–H groups in total. The summed E-state index contributed by atoms with van der Waals surface area (Å²) in [5.74, 6) is 0.590. The molecule has 3 aromatic rings. The number of hydrogen-bond acceptors (Lipinski definition) is 4. The fraction of sp³-hybridized carbons (Fsp3) is 0.0435. The van der Waals surface area contributed by atoms with Gasteiger partial charge in [-0.2, -0.15) is 0 Å². The first-order chi connectivity index (χ1) is 13.7. The molecule has 0 radical (unpaired) electrons. The van der Waals surface area contributed by atoms with Gasteiger partial charge in [0.25, 0.3) is 5.91 Å². The molecule has 3 aromatic carbocycles. The third-order valence-electron chi connectivity index (χ3n) is 4.37. The van der Waals surface area contributed by atoms with Crippen molar-refractivity contribution in [2.75, 3.05) is 11.5 Å². The van der Waals surface area contributed by atoms with Gasteiger partial charge in [0, 0.05) is 5.56 Å². The van der Waals surface area contributed by atoms with E-state index in [9.17, 15) is 4.79 Å². The molecule has 0 saturated carbocycles. The van der Waals surface area contributed by atoms with Crippen LogP contribution >= 0.6 is 24.0 Å². The molecular weight excluding hydrogens is 386 g/mol. The molecule has 0 spiro atoms. The summed E-state index contributed by atoms with van der Waals surface area (Å²) in [6.45, 7) is 4.11. The Kier molecular flexibility index (Phi) is 5.28. The first kappa shape index (κ1) is 18.5. The summed E-state index contributed by atoms with van der Waals surface area (Å²) >= 11 is 6.78. The minimum atomic E-state index is -0.121. The molecule has 1 aliphatic heterocycles. The molecule has 1 amide bonds. The Balaban J connectivity index is 1.80. The summed E-state index contributed by atoms with van der Waals surface area (Å²) in [5, 5.41) is 2.10. The van der Waals surface area contributed by atoms with E-state index in [4.69, 9.17) is 17.0 Å². The molecule has 5 heteroatoms. The van der Waals surface area contributed by atoms with E-state index in [1.165, 1.54) is 11.8 Å². The fourth-order valence-electron chi connectivity index (χ4n) is 3.10. The lowest BCUT2D eigenvalue weighted by Gasteiger charge is -2.14. The smallest absolute Gasteiger partial charge is 0.270 e. The number of carbonyl (C=O) groups is 1. The van der Waals surface area contributed by atoms with Gasteiger partial charge in [0.1, 0.15) is 12.4 Å². The number of benzene rings is 3. The van der Waals surface area contributed by atoms with Crippen LogP contribution in [-0.2, 0) is 4.79 Å². The van der Waals surface area contributed by atoms with Crippen LogP contribution in [0.1, 0.15) is 5.56 Å². The Bertz CT molecular complexity index is 1110. The monoisotopic (exact) mass is 403 g/mol. The number of fused-ring (bicyclic) bond motifs is 1. The second kappa shape index (κ2) is 8.00. The zero-order chi connectivity index (χ0) is 19.5. The number of amides is 1. The highest BCUT2D eigenvalue weighted by Gasteiger charge is 2.33. The van der Waals surface area contributed by atoms with E-state index in [-0.39, 0.29) is 5.91 Å². The van der Waals surface area contributed by atoms with Crippen molar-refractivity contribution in [2.24, 2.45) is 0 Å². The van der Waals surface area contributed by atoms with Gasteiger partial charge >= 0.3 is 0 Å². The number of para-hydroxylation sites is 1. The first-order valence-electron chi connectivity index (χ1n) is 8.77. The summed E-state index contributed by atoms with van der Waals surface area (Å²) in [7, 11) is 0. The Labute approximate surface area is 173 Å². The van der Waals surface area contributed by atoms with Crippen LogP contribution in [0.2, 0.25) is 0 Å². The molecule has 0 bridgehead atoms. The number of thioether (sulfide) groups is 1. The lowest BCUT2D eigenvalue weighted by molar-refractivity contribution is -0.113. The molecule has 28 heavy (non-hydrogen) atoms. The van der Waals surface area contributed by atoms with Crippen molar-refractivity contribution in [3.8, 4) is 5.75 Å². The SMILES string of the molecule is C=CCOc1ccc2ccccc2c1/C=C1/SC(=S)N(c2ccccc2)C1=O. The van der Waals surface area contributed by atoms with E-state index in [1.54, 1.807) is 11.0 Å². The maximum absolute atomic E-state index is 13.1. The molecule has 3 nitrogen and oxygen atoms in total. The molecule has 1 aliphatic rings. The Morgan fingerprint density at radius 2 is 1.79 bits per heavy atom. The number of thiocarbonyl (C=S) groups is 1. The van der Waals surface area contributed by atoms with Crippen molar-refractivity contribution < 1.29 is 9.53 Å². The second-order valence-electron chi connectivity index (χ2n) is 6.15. The second-order valence-corrected chi connectivity index (χ2v) is 7.83. The fourth-order valence-corrected chi connectivity index (χ4v) is 4.38. The molecule has 4 rings (SSSR count). The van der Waals surface area contributed by atoms with Gasteiger partial charge in [-0.1, -0.05) is 85.2 Å². The molecular formula is C23H17NO2S2. The topological polar surface area (TPSA) is 29.5 Å². The molecule has 138 valence electrons. The van der Waals surface area contributed by atoms with Crippen molar-refractivity contribution in [1.82, 2.24) is 0 Å². The van der Waals surface area contributed by atoms with Crippen LogP contribution in [0.4, 0.5) is 5.69 Å². The van der Waals surface area contributed by atoms with Gasteiger partial charge in [0.05, 0.1) is 10.6 Å². The standard InChI is InChI=1S/C23H17NO2S2/c1-2-14-26-20-13-12-16-8-6-7-11-18(16)19(20)15-21-22(25)24(23(27)28-21)17-9-4-3-5-10-17/h2-13,15H,1,14H2/b21-15+. The van der Waals surface area contributed by atoms with Gasteiger partial charge in [-0.3, -0.25) is 9.69 Å². The minimum Gasteiger partial charge on any atom is -0.489 e. The van der Waals surface area contributed by atoms with Crippen molar-refractivity contribution in [1.29, 1.82) is 0 Å². The first-order valence-corrected chi connectivity index (χ1v) is 10.00. The highest BCUT2D eigenvalue weighted by molar-refractivity contribution is 8.27. The summed E-state index contributed by atoms with van der Waals surface area (Å²) in [6, 6.07) is 21.4. The maximum Gasteiger partial charge on any atom is 0.270 e. The predicted octanol–water partition coefficient (Wildman–Crippen LogP) is 5.81. The third kappa shape index (κ3) is 3.46. The highest BCUT2D eigenvalue weighted by atomic mass is 32.2. The van der Waals surface area contributed by atoms with Crippen LogP contribution in [0.5, 0.6) is 5.75 Å². The quantitative estimate of drug-likeness (QED) is 0.305.